The molecule has 0 saturated heterocycles. The van der Waals surface area contributed by atoms with Crippen LogP contribution in [0, 0.1) is 0 Å². The Balaban J connectivity index is 5.46. The summed E-state index contributed by atoms with van der Waals surface area (Å²) < 4.78 is 21.9. The van der Waals surface area contributed by atoms with E-state index in [9.17, 15) is 19.0 Å². The van der Waals surface area contributed by atoms with E-state index < -0.39 is 45.9 Å². The molecule has 1 atom stereocenters. The summed E-state index contributed by atoms with van der Waals surface area (Å²) in [6, 6.07) is 0. The van der Waals surface area contributed by atoms with Crippen molar-refractivity contribution in [2.75, 3.05) is 19.1 Å². The summed E-state index contributed by atoms with van der Waals surface area (Å²) in [6.45, 7) is -0.0186. The number of aliphatic hydroxyl groups is 1. The lowest BCUT2D eigenvalue weighted by Crippen LogP contribution is -2.55. The molecule has 0 aliphatic heterocycles. The molecule has 0 bridgehead atoms. The highest BCUT2D eigenvalue weighted by Gasteiger charge is 2.46. The molecule has 0 heterocycles. The minimum atomic E-state index is -4.85. The number of rotatable bonds is 9. The van der Waals surface area contributed by atoms with Crippen LogP contribution >= 0.6 is 15.2 Å². The molecular formula is C7H18N2O9P2. The van der Waals surface area contributed by atoms with Gasteiger partial charge < -0.3 is 35.5 Å². The van der Waals surface area contributed by atoms with Crippen molar-refractivity contribution < 1.29 is 43.7 Å². The summed E-state index contributed by atoms with van der Waals surface area (Å²) in [5.74, 6) is -1.88. The molecular weight excluding hydrogens is 318 g/mol. The fraction of sp³-hybridized carbons (Fsp3) is 0.857. The second-order valence-electron chi connectivity index (χ2n) is 4.17. The Morgan fingerprint density at radius 2 is 1.50 bits per heavy atom. The molecule has 11 nitrogen and oxygen atoms in total. The quantitative estimate of drug-likeness (QED) is 0.182. The molecule has 0 aromatic rings. The van der Waals surface area contributed by atoms with Gasteiger partial charge in [0.05, 0.1) is 0 Å². The van der Waals surface area contributed by atoms with E-state index >= 15 is 0 Å². The molecule has 0 radical (unpaired) electrons. The van der Waals surface area contributed by atoms with Gasteiger partial charge in [0.1, 0.15) is 12.6 Å². The van der Waals surface area contributed by atoms with Gasteiger partial charge >= 0.3 is 21.2 Å². The molecule has 0 aliphatic carbocycles. The molecule has 13 heteroatoms. The van der Waals surface area contributed by atoms with Crippen molar-refractivity contribution in [1.29, 1.82) is 0 Å². The van der Waals surface area contributed by atoms with Gasteiger partial charge in [0, 0.05) is 6.42 Å². The predicted molar refractivity (Wildman–Crippen MR) is 66.5 cm³/mol. The zero-order chi connectivity index (χ0) is 16.2. The van der Waals surface area contributed by atoms with Gasteiger partial charge in [-0.1, -0.05) is 0 Å². The Morgan fingerprint density at radius 3 is 1.75 bits per heavy atom. The van der Waals surface area contributed by atoms with E-state index in [1.165, 1.54) is 0 Å². The van der Waals surface area contributed by atoms with Crippen LogP contribution in [-0.4, -0.2) is 65.5 Å². The molecule has 20 heavy (non-hydrogen) atoms. The van der Waals surface area contributed by atoms with Gasteiger partial charge in [-0.25, -0.2) is 9.69 Å². The average Bonchev–Trinajstić information content (AvgIpc) is 2.20. The van der Waals surface area contributed by atoms with Gasteiger partial charge in [-0.15, -0.1) is 0 Å². The van der Waals surface area contributed by atoms with Crippen LogP contribution < -0.4 is 5.73 Å². The highest BCUT2D eigenvalue weighted by Crippen LogP contribution is 2.43. The molecule has 0 rings (SSSR count). The second-order valence-corrected chi connectivity index (χ2v) is 7.39. The Labute approximate surface area is 114 Å². The Morgan fingerprint density at radius 1 is 1.10 bits per heavy atom. The highest BCUT2D eigenvalue weighted by atomic mass is 31.2. The fourth-order valence-corrected chi connectivity index (χ4v) is 3.19. The molecule has 120 valence electrons. The molecule has 0 aromatic heterocycles. The first-order chi connectivity index (χ1) is 8.82. The van der Waals surface area contributed by atoms with Crippen molar-refractivity contribution in [3.05, 3.63) is 0 Å². The topological polar surface area (TPSA) is 202 Å². The average molecular weight is 336 g/mol. The number of aliphatic carboxylic acids is 1. The zero-order valence-electron chi connectivity index (χ0n) is 10.4. The molecule has 0 spiro atoms. The SMILES string of the molecule is NCCC[C@@](O)(C(=O)O)N(CP(=O)(O)O)CP(=O)(O)O. The van der Waals surface area contributed by atoms with Crippen LogP contribution in [-0.2, 0) is 13.9 Å². The largest absolute Gasteiger partial charge is 0.478 e. The lowest BCUT2D eigenvalue weighted by molar-refractivity contribution is -0.181. The summed E-state index contributed by atoms with van der Waals surface area (Å²) in [6.07, 6.45) is -3.20. The summed E-state index contributed by atoms with van der Waals surface area (Å²) in [5, 5.41) is 19.0. The third-order valence-corrected chi connectivity index (χ3v) is 3.72. The van der Waals surface area contributed by atoms with Crippen molar-refractivity contribution >= 4 is 21.2 Å². The van der Waals surface area contributed by atoms with Crippen LogP contribution in [0.4, 0.5) is 0 Å². The number of nitrogens with zero attached hydrogens (tertiary/aromatic N) is 1. The van der Waals surface area contributed by atoms with Crippen molar-refractivity contribution in [3.8, 4) is 0 Å². The van der Waals surface area contributed by atoms with Gasteiger partial charge in [-0.2, -0.15) is 0 Å². The summed E-state index contributed by atoms with van der Waals surface area (Å²) >= 11 is 0. The third-order valence-electron chi connectivity index (χ3n) is 2.31. The summed E-state index contributed by atoms with van der Waals surface area (Å²) in [4.78, 5) is 46.6. The van der Waals surface area contributed by atoms with E-state index in [-0.39, 0.29) is 17.9 Å². The van der Waals surface area contributed by atoms with Crippen molar-refractivity contribution in [2.45, 2.75) is 18.6 Å². The molecule has 0 unspecified atom stereocenters. The number of nitrogens with two attached hydrogens (primary N) is 1. The number of hydrogen-bond donors (Lipinski definition) is 7. The maximum atomic E-state index is 11.1. The van der Waals surface area contributed by atoms with Crippen molar-refractivity contribution in [2.24, 2.45) is 5.73 Å². The van der Waals surface area contributed by atoms with Crippen LogP contribution in [0.25, 0.3) is 0 Å². The van der Waals surface area contributed by atoms with Gasteiger partial charge in [0.25, 0.3) is 0 Å². The number of carbonyl (C=O) groups is 1. The Kier molecular flexibility index (Phi) is 6.95. The van der Waals surface area contributed by atoms with Gasteiger partial charge in [0.2, 0.25) is 5.72 Å². The smallest absolute Gasteiger partial charge is 0.351 e. The highest BCUT2D eigenvalue weighted by molar-refractivity contribution is 7.52. The first-order valence-corrected chi connectivity index (χ1v) is 8.91. The van der Waals surface area contributed by atoms with Crippen molar-refractivity contribution in [3.63, 3.8) is 0 Å². The monoisotopic (exact) mass is 336 g/mol. The molecule has 8 N–H and O–H groups in total. The first-order valence-electron chi connectivity index (χ1n) is 5.32. The Hall–Kier alpha value is -0.350. The van der Waals surface area contributed by atoms with E-state index in [0.717, 1.165) is 0 Å². The molecule has 0 fully saturated rings. The van der Waals surface area contributed by atoms with Crippen LogP contribution in [0.1, 0.15) is 12.8 Å². The maximum Gasteiger partial charge on any atom is 0.351 e. The van der Waals surface area contributed by atoms with Crippen LogP contribution in [0.15, 0.2) is 0 Å². The minimum absolute atomic E-state index is 0.0186. The Bertz CT molecular complexity index is 408. The normalized spacial score (nSPS) is 16.1. The lowest BCUT2D eigenvalue weighted by atomic mass is 10.1. The van der Waals surface area contributed by atoms with Crippen LogP contribution in [0.2, 0.25) is 0 Å². The van der Waals surface area contributed by atoms with Gasteiger partial charge in [-0.3, -0.25) is 9.13 Å². The predicted octanol–water partition coefficient (Wildman–Crippen LogP) is -1.93. The van der Waals surface area contributed by atoms with E-state index in [1.54, 1.807) is 0 Å². The minimum Gasteiger partial charge on any atom is -0.478 e. The summed E-state index contributed by atoms with van der Waals surface area (Å²) in [5.41, 5.74) is 2.33. The number of carboxylic acid groups (broad SMARTS) is 1. The third kappa shape index (κ3) is 6.89. The van der Waals surface area contributed by atoms with Crippen LogP contribution in [0.5, 0.6) is 0 Å². The van der Waals surface area contributed by atoms with E-state index in [4.69, 9.17) is 30.4 Å². The van der Waals surface area contributed by atoms with Crippen molar-refractivity contribution in [1.82, 2.24) is 4.90 Å². The molecule has 0 amide bonds. The zero-order valence-corrected chi connectivity index (χ0v) is 12.2. The molecule has 0 saturated carbocycles. The number of carboxylic acids is 1. The lowest BCUT2D eigenvalue weighted by Gasteiger charge is -2.36. The molecule has 0 aromatic carbocycles. The van der Waals surface area contributed by atoms with Gasteiger partial charge in [-0.05, 0) is 13.0 Å². The standard InChI is InChI=1S/C7H18N2O9P2/c8-3-1-2-7(12,6(10)11)9(4-19(13,14)15)5-20(16,17)18/h12H,1-5,8H2,(H,10,11)(H2,13,14,15)(H2,16,17,18)/t7-/m1/s1. The summed E-state index contributed by atoms with van der Waals surface area (Å²) in [7, 11) is -9.70. The molecule has 0 aliphatic rings. The maximum absolute atomic E-state index is 11.1. The second kappa shape index (κ2) is 7.08. The first kappa shape index (κ1) is 19.7. The van der Waals surface area contributed by atoms with E-state index in [0.29, 0.717) is 0 Å². The van der Waals surface area contributed by atoms with Gasteiger partial charge in [0.15, 0.2) is 0 Å². The fourth-order valence-electron chi connectivity index (χ4n) is 1.47. The number of hydrogen-bond acceptors (Lipinski definition) is 6. The van der Waals surface area contributed by atoms with Crippen LogP contribution in [0.3, 0.4) is 0 Å². The van der Waals surface area contributed by atoms with E-state index in [2.05, 4.69) is 0 Å². The van der Waals surface area contributed by atoms with E-state index in [1.807, 2.05) is 0 Å².